The molecule has 0 amide bonds. The van der Waals surface area contributed by atoms with Crippen LogP contribution in [0.2, 0.25) is 0 Å². The van der Waals surface area contributed by atoms with Crippen LogP contribution < -0.4 is 0 Å². The van der Waals surface area contributed by atoms with Crippen LogP contribution in [-0.4, -0.2) is 10.5 Å². The normalized spacial score (nSPS) is 35.7. The third-order valence-corrected chi connectivity index (χ3v) is 3.02. The van der Waals surface area contributed by atoms with Crippen molar-refractivity contribution in [3.05, 3.63) is 23.8 Å². The molecule has 0 heterocycles. The van der Waals surface area contributed by atoms with E-state index in [4.69, 9.17) is 9.42 Å². The summed E-state index contributed by atoms with van der Waals surface area (Å²) in [4.78, 5) is 8.72. The zero-order chi connectivity index (χ0) is 10.1. The predicted molar refractivity (Wildman–Crippen MR) is 52.8 cm³/mol. The van der Waals surface area contributed by atoms with E-state index < -0.39 is 13.9 Å². The Morgan fingerprint density at radius 2 is 2.31 bits per heavy atom. The van der Waals surface area contributed by atoms with Gasteiger partial charge in [-0.05, 0) is 13.8 Å². The van der Waals surface area contributed by atoms with Gasteiger partial charge < -0.3 is 4.89 Å². The lowest BCUT2D eigenvalue weighted by atomic mass is 9.85. The maximum atomic E-state index is 10.6. The molecule has 1 N–H and O–H groups in total. The number of allylic oxidation sites excluding steroid dienone is 2. The standard InChI is InChI=1S/C9H15O3P/c1-7-4-5-9(3,8(2)6-7)12-13(10)11/h4-6,8,13H,1-3H3,(H,10,11). The zero-order valence-electron chi connectivity index (χ0n) is 8.07. The highest BCUT2D eigenvalue weighted by Gasteiger charge is 2.31. The SMILES string of the molecule is CC1=CC(C)C(C)(O[PH](=O)O)C=C1. The van der Waals surface area contributed by atoms with Gasteiger partial charge in [-0.1, -0.05) is 30.7 Å². The maximum absolute atomic E-state index is 10.6. The molecule has 4 heteroatoms. The van der Waals surface area contributed by atoms with Crippen molar-refractivity contribution in [1.29, 1.82) is 0 Å². The van der Waals surface area contributed by atoms with Crippen molar-refractivity contribution in [1.82, 2.24) is 0 Å². The fourth-order valence-electron chi connectivity index (χ4n) is 1.38. The fraction of sp³-hybridized carbons (Fsp3) is 0.556. The Labute approximate surface area is 79.1 Å². The Kier molecular flexibility index (Phi) is 3.12. The summed E-state index contributed by atoms with van der Waals surface area (Å²) in [6.07, 6.45) is 5.78. The Morgan fingerprint density at radius 3 is 2.77 bits per heavy atom. The first-order valence-corrected chi connectivity index (χ1v) is 5.50. The third-order valence-electron chi connectivity index (χ3n) is 2.40. The molecule has 0 aromatic heterocycles. The minimum Gasteiger partial charge on any atom is -0.326 e. The molecule has 3 atom stereocenters. The van der Waals surface area contributed by atoms with E-state index >= 15 is 0 Å². The number of hydrogen-bond donors (Lipinski definition) is 1. The van der Waals surface area contributed by atoms with Gasteiger partial charge in [-0.25, -0.2) is 0 Å². The third kappa shape index (κ3) is 2.53. The van der Waals surface area contributed by atoms with Crippen LogP contribution in [0.5, 0.6) is 0 Å². The van der Waals surface area contributed by atoms with E-state index in [1.54, 1.807) is 0 Å². The molecule has 13 heavy (non-hydrogen) atoms. The van der Waals surface area contributed by atoms with Gasteiger partial charge in [-0.3, -0.25) is 9.09 Å². The van der Waals surface area contributed by atoms with Crippen molar-refractivity contribution in [2.24, 2.45) is 5.92 Å². The van der Waals surface area contributed by atoms with Crippen LogP contribution in [0.25, 0.3) is 0 Å². The summed E-state index contributed by atoms with van der Waals surface area (Å²) < 4.78 is 15.6. The maximum Gasteiger partial charge on any atom is 0.317 e. The van der Waals surface area contributed by atoms with Gasteiger partial charge in [0.2, 0.25) is 0 Å². The van der Waals surface area contributed by atoms with Gasteiger partial charge in [0, 0.05) is 5.92 Å². The Bertz CT molecular complexity index is 283. The molecule has 0 aromatic carbocycles. The molecule has 1 aliphatic carbocycles. The molecule has 0 aromatic rings. The highest BCUT2D eigenvalue weighted by molar-refractivity contribution is 7.32. The molecule has 74 valence electrons. The second kappa shape index (κ2) is 3.79. The van der Waals surface area contributed by atoms with Crippen molar-refractivity contribution >= 4 is 8.25 Å². The van der Waals surface area contributed by atoms with Gasteiger partial charge in [-0.15, -0.1) is 0 Å². The Hall–Kier alpha value is -0.370. The lowest BCUT2D eigenvalue weighted by Crippen LogP contribution is -2.32. The van der Waals surface area contributed by atoms with Gasteiger partial charge >= 0.3 is 8.25 Å². The molecular formula is C9H15O3P. The average molecular weight is 202 g/mol. The smallest absolute Gasteiger partial charge is 0.317 e. The van der Waals surface area contributed by atoms with E-state index in [0.29, 0.717) is 0 Å². The van der Waals surface area contributed by atoms with Gasteiger partial charge in [-0.2, -0.15) is 0 Å². The first kappa shape index (κ1) is 10.7. The molecule has 0 saturated heterocycles. The van der Waals surface area contributed by atoms with E-state index in [9.17, 15) is 4.57 Å². The summed E-state index contributed by atoms with van der Waals surface area (Å²) in [6.45, 7) is 5.78. The molecule has 1 aliphatic rings. The molecular weight excluding hydrogens is 187 g/mol. The average Bonchev–Trinajstić information content (AvgIpc) is 1.97. The van der Waals surface area contributed by atoms with Gasteiger partial charge in [0.1, 0.15) is 0 Å². The first-order chi connectivity index (χ1) is 5.94. The van der Waals surface area contributed by atoms with E-state index in [1.807, 2.05) is 39.0 Å². The van der Waals surface area contributed by atoms with Crippen molar-refractivity contribution in [3.8, 4) is 0 Å². The summed E-state index contributed by atoms with van der Waals surface area (Å²) in [5, 5.41) is 0. The van der Waals surface area contributed by atoms with Crippen LogP contribution in [0.4, 0.5) is 0 Å². The highest BCUT2D eigenvalue weighted by Crippen LogP contribution is 2.36. The fourth-order valence-corrected chi connectivity index (χ4v) is 2.01. The zero-order valence-corrected chi connectivity index (χ0v) is 9.07. The Morgan fingerprint density at radius 1 is 1.69 bits per heavy atom. The second-order valence-electron chi connectivity index (χ2n) is 3.58. The molecule has 0 spiro atoms. The molecule has 3 unspecified atom stereocenters. The van der Waals surface area contributed by atoms with Gasteiger partial charge in [0.05, 0.1) is 5.60 Å². The topological polar surface area (TPSA) is 46.5 Å². The minimum atomic E-state index is -2.87. The largest absolute Gasteiger partial charge is 0.326 e. The lowest BCUT2D eigenvalue weighted by Gasteiger charge is -2.32. The lowest BCUT2D eigenvalue weighted by molar-refractivity contribution is 0.0948. The van der Waals surface area contributed by atoms with Crippen LogP contribution in [-0.2, 0) is 9.09 Å². The van der Waals surface area contributed by atoms with Crippen LogP contribution in [0.15, 0.2) is 23.8 Å². The number of rotatable bonds is 2. The van der Waals surface area contributed by atoms with Crippen LogP contribution in [0.1, 0.15) is 20.8 Å². The molecule has 0 aliphatic heterocycles. The van der Waals surface area contributed by atoms with E-state index in [0.717, 1.165) is 5.57 Å². The van der Waals surface area contributed by atoms with Crippen molar-refractivity contribution < 1.29 is 14.0 Å². The second-order valence-corrected chi connectivity index (χ2v) is 4.32. The van der Waals surface area contributed by atoms with Gasteiger partial charge in [0.25, 0.3) is 0 Å². The molecule has 3 nitrogen and oxygen atoms in total. The molecule has 1 rings (SSSR count). The molecule has 0 radical (unpaired) electrons. The highest BCUT2D eigenvalue weighted by atomic mass is 31.1. The van der Waals surface area contributed by atoms with Crippen LogP contribution >= 0.6 is 8.25 Å². The Balaban J connectivity index is 2.82. The van der Waals surface area contributed by atoms with Crippen molar-refractivity contribution in [3.63, 3.8) is 0 Å². The van der Waals surface area contributed by atoms with E-state index in [2.05, 4.69) is 0 Å². The number of hydrogen-bond acceptors (Lipinski definition) is 2. The van der Waals surface area contributed by atoms with Crippen LogP contribution in [0, 0.1) is 5.92 Å². The minimum absolute atomic E-state index is 0.124. The summed E-state index contributed by atoms with van der Waals surface area (Å²) >= 11 is 0. The van der Waals surface area contributed by atoms with Crippen molar-refractivity contribution in [2.75, 3.05) is 0 Å². The van der Waals surface area contributed by atoms with E-state index in [-0.39, 0.29) is 5.92 Å². The summed E-state index contributed by atoms with van der Waals surface area (Å²) in [5.74, 6) is 0.124. The quantitative estimate of drug-likeness (QED) is 0.699. The molecule has 0 bridgehead atoms. The van der Waals surface area contributed by atoms with Gasteiger partial charge in [0.15, 0.2) is 0 Å². The summed E-state index contributed by atoms with van der Waals surface area (Å²) in [5.41, 5.74) is 0.524. The molecule has 0 saturated carbocycles. The van der Waals surface area contributed by atoms with Crippen LogP contribution in [0.3, 0.4) is 0 Å². The molecule has 0 fully saturated rings. The summed E-state index contributed by atoms with van der Waals surface area (Å²) in [7, 11) is -2.87. The summed E-state index contributed by atoms with van der Waals surface area (Å²) in [6, 6.07) is 0. The predicted octanol–water partition coefficient (Wildman–Crippen LogP) is 2.30. The first-order valence-electron chi connectivity index (χ1n) is 4.23. The van der Waals surface area contributed by atoms with E-state index in [1.165, 1.54) is 0 Å². The monoisotopic (exact) mass is 202 g/mol. The van der Waals surface area contributed by atoms with Crippen molar-refractivity contribution in [2.45, 2.75) is 26.4 Å².